The maximum atomic E-state index is 12.4. The Hall–Kier alpha value is -1.73. The fourth-order valence-electron chi connectivity index (χ4n) is 2.29. The molecule has 0 aliphatic heterocycles. The summed E-state index contributed by atoms with van der Waals surface area (Å²) < 4.78 is 7.14. The molecule has 0 saturated heterocycles. The molecule has 24 heavy (non-hydrogen) atoms. The van der Waals surface area contributed by atoms with Gasteiger partial charge in [0.1, 0.15) is 5.75 Å². The van der Waals surface area contributed by atoms with Gasteiger partial charge in [-0.2, -0.15) is 0 Å². The predicted octanol–water partition coefficient (Wildman–Crippen LogP) is 5.77. The molecule has 0 spiro atoms. The lowest BCUT2D eigenvalue weighted by molar-refractivity contribution is -0.384. The fourth-order valence-corrected chi connectivity index (χ4v) is 4.62. The predicted molar refractivity (Wildman–Crippen MR) is 98.7 cm³/mol. The van der Waals surface area contributed by atoms with Crippen molar-refractivity contribution in [3.8, 4) is 5.75 Å². The van der Waals surface area contributed by atoms with E-state index in [1.54, 1.807) is 0 Å². The number of esters is 1. The molecule has 2 aromatic rings. The normalized spacial score (nSPS) is 10.8. The van der Waals surface area contributed by atoms with Crippen molar-refractivity contribution < 1.29 is 14.5 Å². The number of nitrogens with zero attached hydrogens (tertiary/aromatic N) is 1. The minimum atomic E-state index is -0.639. The van der Waals surface area contributed by atoms with Gasteiger partial charge in [0.15, 0.2) is 0 Å². The van der Waals surface area contributed by atoms with Crippen LogP contribution in [-0.4, -0.2) is 10.9 Å². The highest BCUT2D eigenvalue weighted by Crippen LogP contribution is 2.41. The van der Waals surface area contributed by atoms with Crippen LogP contribution in [-0.2, 0) is 0 Å². The molecule has 0 aromatic heterocycles. The van der Waals surface area contributed by atoms with Gasteiger partial charge in [-0.1, -0.05) is 35.8 Å². The number of carbonyl (C=O) groups excluding carboxylic acids is 1. The van der Waals surface area contributed by atoms with Crippen molar-refractivity contribution in [1.82, 2.24) is 0 Å². The Morgan fingerprint density at radius 1 is 1.25 bits per heavy atom. The van der Waals surface area contributed by atoms with Gasteiger partial charge >= 0.3 is 5.97 Å². The number of carbonyl (C=O) groups is 1. The highest BCUT2D eigenvalue weighted by molar-refractivity contribution is 9.11. The van der Waals surface area contributed by atoms with E-state index in [9.17, 15) is 14.9 Å². The third-order valence-corrected chi connectivity index (χ3v) is 4.90. The first-order chi connectivity index (χ1) is 11.2. The largest absolute Gasteiger partial charge is 0.421 e. The number of hydrogen-bond acceptors (Lipinski definition) is 4. The number of ether oxygens (including phenoxy) is 1. The molecule has 5 nitrogen and oxygen atoms in total. The fraction of sp³-hybridized carbons (Fsp3) is 0.235. The number of nitro groups is 1. The van der Waals surface area contributed by atoms with Gasteiger partial charge < -0.3 is 4.74 Å². The average Bonchev–Trinajstić information content (AvgIpc) is 2.50. The summed E-state index contributed by atoms with van der Waals surface area (Å²) in [6, 6.07) is 7.36. The lowest BCUT2D eigenvalue weighted by atomic mass is 10.0. The van der Waals surface area contributed by atoms with Crippen LogP contribution in [0, 0.1) is 17.0 Å². The first-order valence-electron chi connectivity index (χ1n) is 7.17. The van der Waals surface area contributed by atoms with Crippen LogP contribution in [0.2, 0.25) is 0 Å². The molecule has 0 N–H and O–H groups in total. The number of rotatable bonds is 4. The molecule has 0 unspecified atom stereocenters. The van der Waals surface area contributed by atoms with E-state index in [2.05, 4.69) is 31.9 Å². The van der Waals surface area contributed by atoms with E-state index in [-0.39, 0.29) is 17.2 Å². The minimum Gasteiger partial charge on any atom is -0.421 e. The van der Waals surface area contributed by atoms with Crippen molar-refractivity contribution in [1.29, 1.82) is 0 Å². The second kappa shape index (κ2) is 7.44. The summed E-state index contributed by atoms with van der Waals surface area (Å²) in [5.41, 5.74) is 1.74. The number of nitro benzene ring substituents is 1. The summed E-state index contributed by atoms with van der Waals surface area (Å²) in [6.07, 6.45) is 0. The quantitative estimate of drug-likeness (QED) is 0.253. The molecule has 126 valence electrons. The average molecular weight is 457 g/mol. The van der Waals surface area contributed by atoms with Gasteiger partial charge in [0, 0.05) is 16.6 Å². The molecule has 7 heteroatoms. The Bertz CT molecular complexity index is 818. The topological polar surface area (TPSA) is 69.4 Å². The van der Waals surface area contributed by atoms with E-state index >= 15 is 0 Å². The van der Waals surface area contributed by atoms with Gasteiger partial charge in [-0.3, -0.25) is 10.1 Å². The van der Waals surface area contributed by atoms with Gasteiger partial charge in [0.25, 0.3) is 5.69 Å². The molecule has 0 fully saturated rings. The summed E-state index contributed by atoms with van der Waals surface area (Å²) in [5, 5.41) is 10.8. The summed E-state index contributed by atoms with van der Waals surface area (Å²) >= 11 is 7.03. The lowest BCUT2D eigenvalue weighted by Crippen LogP contribution is -2.11. The summed E-state index contributed by atoms with van der Waals surface area (Å²) in [5.74, 6) is -0.0115. The molecule has 0 saturated carbocycles. The van der Waals surface area contributed by atoms with Gasteiger partial charge in [0.05, 0.1) is 15.0 Å². The van der Waals surface area contributed by atoms with Crippen LogP contribution in [0.5, 0.6) is 5.75 Å². The van der Waals surface area contributed by atoms with E-state index in [1.807, 2.05) is 26.8 Å². The van der Waals surface area contributed by atoms with Crippen molar-refractivity contribution in [2.24, 2.45) is 0 Å². The summed E-state index contributed by atoms with van der Waals surface area (Å²) in [4.78, 5) is 22.7. The Morgan fingerprint density at radius 2 is 1.92 bits per heavy atom. The molecule has 2 aromatic carbocycles. The number of benzene rings is 2. The smallest absolute Gasteiger partial charge is 0.343 e. The van der Waals surface area contributed by atoms with E-state index in [0.29, 0.717) is 10.2 Å². The Morgan fingerprint density at radius 3 is 2.50 bits per heavy atom. The standard InChI is InChI=1S/C17H15Br2NO4/c1-9(2)14-13(18)7-10(3)16(15(14)19)24-17(21)11-5-4-6-12(8-11)20(22)23/h4-9H,1-3H3. The number of hydrogen-bond donors (Lipinski definition) is 0. The number of aryl methyl sites for hydroxylation is 1. The van der Waals surface area contributed by atoms with E-state index in [0.717, 1.165) is 15.6 Å². The van der Waals surface area contributed by atoms with Crippen molar-refractivity contribution in [3.63, 3.8) is 0 Å². The monoisotopic (exact) mass is 455 g/mol. The van der Waals surface area contributed by atoms with Crippen molar-refractivity contribution in [2.75, 3.05) is 0 Å². The molecule has 0 radical (unpaired) electrons. The third-order valence-electron chi connectivity index (χ3n) is 3.46. The van der Waals surface area contributed by atoms with Crippen LogP contribution in [0.4, 0.5) is 5.69 Å². The second-order valence-electron chi connectivity index (χ2n) is 5.58. The molecule has 0 aliphatic carbocycles. The maximum absolute atomic E-state index is 12.4. The SMILES string of the molecule is Cc1cc(Br)c(C(C)C)c(Br)c1OC(=O)c1cccc([N+](=O)[O-])c1. The number of non-ortho nitro benzene ring substituents is 1. The molecule has 0 amide bonds. The van der Waals surface area contributed by atoms with Crippen molar-refractivity contribution in [2.45, 2.75) is 26.7 Å². The molecular formula is C17H15Br2NO4. The molecule has 2 rings (SSSR count). The van der Waals surface area contributed by atoms with Crippen molar-refractivity contribution >= 4 is 43.5 Å². The van der Waals surface area contributed by atoms with Gasteiger partial charge in [-0.05, 0) is 52.0 Å². The lowest BCUT2D eigenvalue weighted by Gasteiger charge is -2.17. The minimum absolute atomic E-state index is 0.129. The van der Waals surface area contributed by atoms with Crippen LogP contribution < -0.4 is 4.74 Å². The zero-order valence-corrected chi connectivity index (χ0v) is 16.5. The van der Waals surface area contributed by atoms with Gasteiger partial charge in [0.2, 0.25) is 0 Å². The second-order valence-corrected chi connectivity index (χ2v) is 7.23. The molecule has 0 bridgehead atoms. The van der Waals surface area contributed by atoms with Gasteiger partial charge in [-0.15, -0.1) is 0 Å². The van der Waals surface area contributed by atoms with E-state index < -0.39 is 10.9 Å². The van der Waals surface area contributed by atoms with Crippen LogP contribution in [0.15, 0.2) is 39.3 Å². The summed E-state index contributed by atoms with van der Waals surface area (Å²) in [6.45, 7) is 5.90. The number of halogens is 2. The summed E-state index contributed by atoms with van der Waals surface area (Å²) in [7, 11) is 0. The molecule has 0 aliphatic rings. The molecule has 0 atom stereocenters. The third kappa shape index (κ3) is 3.84. The van der Waals surface area contributed by atoms with Gasteiger partial charge in [-0.25, -0.2) is 4.79 Å². The van der Waals surface area contributed by atoms with Crippen molar-refractivity contribution in [3.05, 3.63) is 66.1 Å². The van der Waals surface area contributed by atoms with E-state index in [4.69, 9.17) is 4.74 Å². The maximum Gasteiger partial charge on any atom is 0.343 e. The van der Waals surface area contributed by atoms with Crippen LogP contribution in [0.1, 0.15) is 41.3 Å². The Labute approximate surface area is 156 Å². The molecular weight excluding hydrogens is 442 g/mol. The Kier molecular flexibility index (Phi) is 5.77. The van der Waals surface area contributed by atoms with Crippen LogP contribution >= 0.6 is 31.9 Å². The highest BCUT2D eigenvalue weighted by atomic mass is 79.9. The highest BCUT2D eigenvalue weighted by Gasteiger charge is 2.20. The zero-order valence-electron chi connectivity index (χ0n) is 13.3. The van der Waals surface area contributed by atoms with E-state index in [1.165, 1.54) is 24.3 Å². The first-order valence-corrected chi connectivity index (χ1v) is 8.76. The van der Waals surface area contributed by atoms with Crippen LogP contribution in [0.25, 0.3) is 0 Å². The zero-order chi connectivity index (χ0) is 18.0. The molecule has 0 heterocycles. The Balaban J connectivity index is 2.41. The first kappa shape index (κ1) is 18.6. The van der Waals surface area contributed by atoms with Crippen LogP contribution in [0.3, 0.4) is 0 Å².